The van der Waals surface area contributed by atoms with Gasteiger partial charge in [-0.25, -0.2) is 0 Å². The Morgan fingerprint density at radius 2 is 2.21 bits per heavy atom. The summed E-state index contributed by atoms with van der Waals surface area (Å²) in [4.78, 5) is 11.6. The van der Waals surface area contributed by atoms with Crippen LogP contribution in [-0.2, 0) is 6.61 Å². The highest BCUT2D eigenvalue weighted by molar-refractivity contribution is 6.33. The molecule has 68 valence electrons. The molecular weight excluding hydrogens is 179 g/mol. The van der Waals surface area contributed by atoms with E-state index in [0.29, 0.717) is 16.4 Å². The van der Waals surface area contributed by atoms with Crippen molar-refractivity contribution in [1.82, 2.24) is 0 Å². The minimum absolute atomic E-state index is 0.235. The zero-order valence-electron chi connectivity index (χ0n) is 7.36. The van der Waals surface area contributed by atoms with Crippen molar-refractivity contribution in [3.05, 3.63) is 40.2 Å². The molecule has 0 saturated heterocycles. The molecule has 0 spiro atoms. The molecule has 0 saturated carbocycles. The third-order valence-corrected chi connectivity index (χ3v) is 2.04. The second-order valence-corrected chi connectivity index (χ2v) is 3.00. The molecular formula is C10H7BO3. The van der Waals surface area contributed by atoms with E-state index in [0.717, 1.165) is 0 Å². The molecule has 0 fully saturated rings. The molecule has 1 N–H and O–H groups in total. The quantitative estimate of drug-likeness (QED) is 0.641. The average molecular weight is 186 g/mol. The second-order valence-electron chi connectivity index (χ2n) is 3.00. The van der Waals surface area contributed by atoms with Crippen molar-refractivity contribution in [1.29, 1.82) is 0 Å². The van der Waals surface area contributed by atoms with Gasteiger partial charge in [0, 0.05) is 0 Å². The summed E-state index contributed by atoms with van der Waals surface area (Å²) in [6.45, 7) is -0.326. The van der Waals surface area contributed by atoms with Crippen LogP contribution in [0.4, 0.5) is 0 Å². The number of aliphatic hydroxyl groups excluding tert-OH is 1. The molecule has 0 aliphatic rings. The maximum absolute atomic E-state index is 11.6. The molecule has 1 aromatic carbocycles. The zero-order valence-corrected chi connectivity index (χ0v) is 7.36. The van der Waals surface area contributed by atoms with Crippen molar-refractivity contribution in [2.24, 2.45) is 0 Å². The van der Waals surface area contributed by atoms with Crippen molar-refractivity contribution in [2.75, 3.05) is 0 Å². The van der Waals surface area contributed by atoms with Crippen molar-refractivity contribution < 1.29 is 9.52 Å². The lowest BCUT2D eigenvalue weighted by Gasteiger charge is -2.00. The first kappa shape index (κ1) is 9.03. The fourth-order valence-corrected chi connectivity index (χ4v) is 1.30. The fraction of sp³-hybridized carbons (Fsp3) is 0.100. The lowest BCUT2D eigenvalue weighted by atomic mass is 9.95. The number of aliphatic hydroxyl groups is 1. The first-order valence-electron chi connectivity index (χ1n) is 4.13. The van der Waals surface area contributed by atoms with Gasteiger partial charge in [0.05, 0.1) is 17.6 Å². The molecule has 0 aliphatic carbocycles. The van der Waals surface area contributed by atoms with Crippen LogP contribution >= 0.6 is 0 Å². The summed E-state index contributed by atoms with van der Waals surface area (Å²) < 4.78 is 5.15. The highest BCUT2D eigenvalue weighted by Crippen LogP contribution is 2.08. The maximum Gasteiger partial charge on any atom is 0.198 e. The van der Waals surface area contributed by atoms with E-state index in [1.807, 2.05) is 0 Å². The van der Waals surface area contributed by atoms with Gasteiger partial charge in [-0.2, -0.15) is 0 Å². The van der Waals surface area contributed by atoms with E-state index in [1.165, 1.54) is 6.26 Å². The summed E-state index contributed by atoms with van der Waals surface area (Å²) in [5.41, 5.74) is 0.977. The Hall–Kier alpha value is -1.55. The number of fused-ring (bicyclic) bond motifs is 1. The topological polar surface area (TPSA) is 50.4 Å². The van der Waals surface area contributed by atoms with Crippen molar-refractivity contribution >= 4 is 24.3 Å². The van der Waals surface area contributed by atoms with Crippen LogP contribution in [0.25, 0.3) is 11.0 Å². The van der Waals surface area contributed by atoms with Gasteiger partial charge >= 0.3 is 0 Å². The molecule has 4 heteroatoms. The summed E-state index contributed by atoms with van der Waals surface area (Å²) in [6, 6.07) is 4.83. The van der Waals surface area contributed by atoms with Crippen molar-refractivity contribution in [3.63, 3.8) is 0 Å². The van der Waals surface area contributed by atoms with Crippen LogP contribution in [0.1, 0.15) is 5.56 Å². The van der Waals surface area contributed by atoms with E-state index in [4.69, 9.17) is 17.4 Å². The van der Waals surface area contributed by atoms with Gasteiger partial charge in [0.1, 0.15) is 19.7 Å². The van der Waals surface area contributed by atoms with E-state index in [1.54, 1.807) is 18.2 Å². The molecule has 14 heavy (non-hydrogen) atoms. The van der Waals surface area contributed by atoms with Crippen LogP contribution in [0, 0.1) is 0 Å². The summed E-state index contributed by atoms with van der Waals surface area (Å²) in [6.07, 6.45) is 1.26. The highest BCUT2D eigenvalue weighted by atomic mass is 16.3. The molecule has 0 aliphatic heterocycles. The Morgan fingerprint density at radius 1 is 1.43 bits per heavy atom. The monoisotopic (exact) mass is 186 g/mol. The lowest BCUT2D eigenvalue weighted by Crippen LogP contribution is -2.11. The lowest BCUT2D eigenvalue weighted by molar-refractivity contribution is 0.277. The highest BCUT2D eigenvalue weighted by Gasteiger charge is 2.05. The summed E-state index contributed by atoms with van der Waals surface area (Å²) in [5, 5.41) is 9.26. The molecule has 3 nitrogen and oxygen atoms in total. The smallest absolute Gasteiger partial charge is 0.198 e. The summed E-state index contributed by atoms with van der Waals surface area (Å²) in [7, 11) is 5.54. The van der Waals surface area contributed by atoms with Gasteiger partial charge < -0.3 is 9.52 Å². The minimum atomic E-state index is -0.326. The van der Waals surface area contributed by atoms with Crippen LogP contribution in [-0.4, -0.2) is 13.0 Å². The summed E-state index contributed by atoms with van der Waals surface area (Å²) >= 11 is 0. The van der Waals surface area contributed by atoms with Crippen molar-refractivity contribution in [2.45, 2.75) is 6.61 Å². The third kappa shape index (κ3) is 1.34. The van der Waals surface area contributed by atoms with E-state index in [9.17, 15) is 4.79 Å². The molecule has 1 heterocycles. The Labute approximate surface area is 81.4 Å². The van der Waals surface area contributed by atoms with Gasteiger partial charge in [-0.15, -0.1) is 0 Å². The minimum Gasteiger partial charge on any atom is -0.464 e. The van der Waals surface area contributed by atoms with Gasteiger partial charge in [-0.1, -0.05) is 17.6 Å². The molecule has 0 bridgehead atoms. The van der Waals surface area contributed by atoms with Gasteiger partial charge in [-0.3, -0.25) is 4.79 Å². The van der Waals surface area contributed by atoms with Crippen LogP contribution in [0.15, 0.2) is 33.7 Å². The van der Waals surface area contributed by atoms with Gasteiger partial charge in [0.15, 0.2) is 5.43 Å². The summed E-state index contributed by atoms with van der Waals surface area (Å²) in [5.74, 6) is 0. The van der Waals surface area contributed by atoms with E-state index < -0.39 is 0 Å². The number of rotatable bonds is 1. The van der Waals surface area contributed by atoms with Gasteiger partial charge in [0.2, 0.25) is 0 Å². The molecule has 2 aromatic rings. The number of hydrogen-bond donors (Lipinski definition) is 1. The predicted octanol–water partition coefficient (Wildman–Crippen LogP) is 0.0791. The SMILES string of the molecule is [B]c1ccc2occ(CO)c(=O)c2c1. The van der Waals surface area contributed by atoms with Gasteiger partial charge in [-0.05, 0) is 6.07 Å². The molecule has 2 radical (unpaired) electrons. The maximum atomic E-state index is 11.6. The Balaban J connectivity index is 2.87. The molecule has 0 unspecified atom stereocenters. The Bertz CT molecular complexity index is 530. The predicted molar refractivity (Wildman–Crippen MR) is 53.8 cm³/mol. The third-order valence-electron chi connectivity index (χ3n) is 2.04. The normalized spacial score (nSPS) is 10.6. The van der Waals surface area contributed by atoms with E-state index >= 15 is 0 Å². The first-order chi connectivity index (χ1) is 6.72. The Morgan fingerprint density at radius 3 is 2.93 bits per heavy atom. The van der Waals surface area contributed by atoms with E-state index in [-0.39, 0.29) is 17.6 Å². The van der Waals surface area contributed by atoms with Crippen LogP contribution < -0.4 is 10.9 Å². The standard InChI is InChI=1S/C10H7BO3/c11-7-1-2-9-8(3-7)10(13)6(4-12)5-14-9/h1-3,5,12H,4H2. The van der Waals surface area contributed by atoms with Gasteiger partial charge in [0.25, 0.3) is 0 Å². The molecule has 1 aromatic heterocycles. The number of benzene rings is 1. The van der Waals surface area contributed by atoms with E-state index in [2.05, 4.69) is 0 Å². The van der Waals surface area contributed by atoms with Crippen LogP contribution in [0.2, 0.25) is 0 Å². The fourth-order valence-electron chi connectivity index (χ4n) is 1.30. The zero-order chi connectivity index (χ0) is 10.1. The second kappa shape index (κ2) is 3.31. The first-order valence-corrected chi connectivity index (χ1v) is 4.13. The average Bonchev–Trinajstić information content (AvgIpc) is 2.20. The van der Waals surface area contributed by atoms with Crippen molar-refractivity contribution in [3.8, 4) is 0 Å². The van der Waals surface area contributed by atoms with Crippen LogP contribution in [0.3, 0.4) is 0 Å². The molecule has 0 atom stereocenters. The number of hydrogen-bond acceptors (Lipinski definition) is 3. The molecule has 2 rings (SSSR count). The largest absolute Gasteiger partial charge is 0.464 e. The molecule has 0 amide bonds. The Kier molecular flexibility index (Phi) is 2.13. The van der Waals surface area contributed by atoms with Crippen LogP contribution in [0.5, 0.6) is 0 Å².